The summed E-state index contributed by atoms with van der Waals surface area (Å²) in [6.07, 6.45) is 3.05. The van der Waals surface area contributed by atoms with Crippen molar-refractivity contribution in [3.05, 3.63) is 59.7 Å². The van der Waals surface area contributed by atoms with Crippen LogP contribution in [0.5, 0.6) is 0 Å². The number of hydrogen-bond acceptors (Lipinski definition) is 7. The highest BCUT2D eigenvalue weighted by atomic mass is 32.2. The first kappa shape index (κ1) is 21.6. The third kappa shape index (κ3) is 4.82. The van der Waals surface area contributed by atoms with Crippen LogP contribution < -0.4 is 5.32 Å². The number of carbonyl (C=O) groups excluding carboxylic acids is 1. The highest BCUT2D eigenvalue weighted by Crippen LogP contribution is 2.25. The Bertz CT molecular complexity index is 1150. The number of hydrogen-bond donors (Lipinski definition) is 1. The van der Waals surface area contributed by atoms with Gasteiger partial charge in [0.05, 0.1) is 22.8 Å². The Kier molecular flexibility index (Phi) is 6.15. The standard InChI is InChI=1S/C21H22N4O4S2/c1-14-11-25(12-15(2)29-14)31(27,28)18-7-5-16(6-8-18)20(26)24-21-23-19(13-30-21)17-4-3-9-22-10-17/h3-10,13-15H,11-12H2,1-2H3,(H,23,24,26). The Morgan fingerprint density at radius 2 is 1.87 bits per heavy atom. The van der Waals surface area contributed by atoms with Crippen molar-refractivity contribution in [2.45, 2.75) is 31.0 Å². The normalized spacial score (nSPS) is 19.8. The Balaban J connectivity index is 1.45. The molecule has 1 aliphatic heterocycles. The van der Waals surface area contributed by atoms with Crippen LogP contribution in [-0.4, -0.2) is 53.9 Å². The minimum atomic E-state index is -3.65. The highest BCUT2D eigenvalue weighted by Gasteiger charge is 2.32. The molecule has 162 valence electrons. The quantitative estimate of drug-likeness (QED) is 0.630. The summed E-state index contributed by atoms with van der Waals surface area (Å²) in [5.41, 5.74) is 1.94. The van der Waals surface area contributed by atoms with E-state index in [9.17, 15) is 13.2 Å². The van der Waals surface area contributed by atoms with Crippen molar-refractivity contribution in [2.24, 2.45) is 0 Å². The summed E-state index contributed by atoms with van der Waals surface area (Å²) in [4.78, 5) is 21.2. The average Bonchev–Trinajstić information content (AvgIpc) is 3.22. The van der Waals surface area contributed by atoms with Crippen molar-refractivity contribution < 1.29 is 17.9 Å². The zero-order valence-electron chi connectivity index (χ0n) is 17.1. The number of aromatic nitrogens is 2. The molecule has 2 aromatic heterocycles. The van der Waals surface area contributed by atoms with Crippen molar-refractivity contribution in [1.29, 1.82) is 0 Å². The number of rotatable bonds is 5. The van der Waals surface area contributed by atoms with E-state index >= 15 is 0 Å². The lowest BCUT2D eigenvalue weighted by Gasteiger charge is -2.34. The van der Waals surface area contributed by atoms with Crippen LogP contribution in [0.1, 0.15) is 24.2 Å². The van der Waals surface area contributed by atoms with Gasteiger partial charge in [0.2, 0.25) is 10.0 Å². The van der Waals surface area contributed by atoms with Gasteiger partial charge in [-0.25, -0.2) is 13.4 Å². The van der Waals surface area contributed by atoms with E-state index < -0.39 is 10.0 Å². The lowest BCUT2D eigenvalue weighted by atomic mass is 10.2. The van der Waals surface area contributed by atoms with Crippen LogP contribution in [0.4, 0.5) is 5.13 Å². The van der Waals surface area contributed by atoms with E-state index in [1.165, 1.54) is 39.9 Å². The Morgan fingerprint density at radius 1 is 1.16 bits per heavy atom. The van der Waals surface area contributed by atoms with E-state index in [0.717, 1.165) is 11.3 Å². The van der Waals surface area contributed by atoms with Crippen LogP contribution >= 0.6 is 11.3 Å². The number of ether oxygens (including phenoxy) is 1. The van der Waals surface area contributed by atoms with Gasteiger partial charge in [-0.1, -0.05) is 0 Å². The molecule has 0 bridgehead atoms. The molecule has 1 N–H and O–H groups in total. The molecule has 0 spiro atoms. The molecule has 1 aromatic carbocycles. The number of benzene rings is 1. The monoisotopic (exact) mass is 458 g/mol. The molecule has 4 rings (SSSR count). The van der Waals surface area contributed by atoms with Crippen LogP contribution in [-0.2, 0) is 14.8 Å². The van der Waals surface area contributed by atoms with Gasteiger partial charge in [-0.3, -0.25) is 15.1 Å². The third-order valence-corrected chi connectivity index (χ3v) is 7.43. The first-order chi connectivity index (χ1) is 14.8. The predicted octanol–water partition coefficient (Wildman–Crippen LogP) is 3.26. The fraction of sp³-hybridized carbons (Fsp3) is 0.286. The third-order valence-electron chi connectivity index (χ3n) is 4.82. The molecule has 0 aliphatic carbocycles. The average molecular weight is 459 g/mol. The largest absolute Gasteiger partial charge is 0.373 e. The molecule has 1 amide bonds. The van der Waals surface area contributed by atoms with E-state index in [1.807, 2.05) is 31.4 Å². The number of carbonyl (C=O) groups is 1. The van der Waals surface area contributed by atoms with Gasteiger partial charge in [-0.05, 0) is 50.2 Å². The van der Waals surface area contributed by atoms with Gasteiger partial charge in [0.15, 0.2) is 5.13 Å². The fourth-order valence-corrected chi connectivity index (χ4v) is 5.71. The van der Waals surface area contributed by atoms with Crippen molar-refractivity contribution in [1.82, 2.24) is 14.3 Å². The zero-order valence-corrected chi connectivity index (χ0v) is 18.7. The smallest absolute Gasteiger partial charge is 0.257 e. The van der Waals surface area contributed by atoms with E-state index in [4.69, 9.17) is 4.74 Å². The molecule has 3 heterocycles. The second-order valence-electron chi connectivity index (χ2n) is 7.34. The minimum absolute atomic E-state index is 0.151. The first-order valence-corrected chi connectivity index (χ1v) is 12.1. The van der Waals surface area contributed by atoms with Crippen LogP contribution in [0, 0.1) is 0 Å². The summed E-state index contributed by atoms with van der Waals surface area (Å²) in [6.45, 7) is 4.31. The molecule has 1 fully saturated rings. The number of pyridine rings is 1. The second kappa shape index (κ2) is 8.83. The maximum atomic E-state index is 12.9. The molecule has 1 aliphatic rings. The molecule has 8 nitrogen and oxygen atoms in total. The highest BCUT2D eigenvalue weighted by molar-refractivity contribution is 7.89. The van der Waals surface area contributed by atoms with Gasteiger partial charge in [-0.15, -0.1) is 11.3 Å². The van der Waals surface area contributed by atoms with Crippen LogP contribution in [0.3, 0.4) is 0 Å². The van der Waals surface area contributed by atoms with Crippen LogP contribution in [0.25, 0.3) is 11.3 Å². The second-order valence-corrected chi connectivity index (χ2v) is 10.1. The minimum Gasteiger partial charge on any atom is -0.373 e. The predicted molar refractivity (Wildman–Crippen MR) is 119 cm³/mol. The molecule has 10 heteroatoms. The van der Waals surface area contributed by atoms with E-state index in [1.54, 1.807) is 12.4 Å². The van der Waals surface area contributed by atoms with Crippen LogP contribution in [0.2, 0.25) is 0 Å². The SMILES string of the molecule is CC1CN(S(=O)(=O)c2ccc(C(=O)Nc3nc(-c4cccnc4)cs3)cc2)CC(C)O1. The maximum absolute atomic E-state index is 12.9. The van der Waals surface area contributed by atoms with Gasteiger partial charge in [0.1, 0.15) is 0 Å². The summed E-state index contributed by atoms with van der Waals surface area (Å²) in [5.74, 6) is -0.357. The first-order valence-electron chi connectivity index (χ1n) is 9.76. The van der Waals surface area contributed by atoms with Crippen LogP contribution in [0.15, 0.2) is 59.1 Å². The number of thiazole rings is 1. The number of morpholine rings is 1. The lowest BCUT2D eigenvalue weighted by Crippen LogP contribution is -2.48. The Labute approximate surface area is 185 Å². The summed E-state index contributed by atoms with van der Waals surface area (Å²) in [6, 6.07) is 9.63. The van der Waals surface area contributed by atoms with Crippen molar-refractivity contribution >= 4 is 32.4 Å². The van der Waals surface area contributed by atoms with Gasteiger partial charge >= 0.3 is 0 Å². The lowest BCUT2D eigenvalue weighted by molar-refractivity contribution is -0.0440. The number of nitrogens with one attached hydrogen (secondary N) is 1. The van der Waals surface area contributed by atoms with Crippen molar-refractivity contribution in [2.75, 3.05) is 18.4 Å². The van der Waals surface area contributed by atoms with E-state index in [2.05, 4.69) is 15.3 Å². The molecule has 1 saturated heterocycles. The number of anilines is 1. The molecule has 0 saturated carbocycles. The summed E-state index contributed by atoms with van der Waals surface area (Å²) < 4.78 is 32.9. The van der Waals surface area contributed by atoms with Crippen molar-refractivity contribution in [3.8, 4) is 11.3 Å². The van der Waals surface area contributed by atoms with Gasteiger partial charge < -0.3 is 4.74 Å². The molecule has 2 atom stereocenters. The van der Waals surface area contributed by atoms with Gasteiger partial charge in [0.25, 0.3) is 5.91 Å². The number of nitrogens with zero attached hydrogens (tertiary/aromatic N) is 3. The fourth-order valence-electron chi connectivity index (χ4n) is 3.40. The maximum Gasteiger partial charge on any atom is 0.257 e. The molecular formula is C21H22N4O4S2. The zero-order chi connectivity index (χ0) is 22.0. The summed E-state index contributed by atoms with van der Waals surface area (Å²) >= 11 is 1.31. The van der Waals surface area contributed by atoms with E-state index in [0.29, 0.717) is 23.8 Å². The molecular weight excluding hydrogens is 436 g/mol. The number of sulfonamides is 1. The Morgan fingerprint density at radius 3 is 2.52 bits per heavy atom. The molecule has 31 heavy (non-hydrogen) atoms. The number of amides is 1. The Hall–Kier alpha value is -2.66. The summed E-state index contributed by atoms with van der Waals surface area (Å²) in [7, 11) is -3.65. The molecule has 2 unspecified atom stereocenters. The topological polar surface area (TPSA) is 101 Å². The van der Waals surface area contributed by atoms with Gasteiger partial charge in [0, 0.05) is 42.0 Å². The summed E-state index contributed by atoms with van der Waals surface area (Å²) in [5, 5.41) is 5.05. The molecule has 3 aromatic rings. The van der Waals surface area contributed by atoms with Gasteiger partial charge in [-0.2, -0.15) is 4.31 Å². The molecule has 0 radical (unpaired) electrons. The van der Waals surface area contributed by atoms with E-state index in [-0.39, 0.29) is 23.0 Å². The van der Waals surface area contributed by atoms with Crippen molar-refractivity contribution in [3.63, 3.8) is 0 Å².